The van der Waals surface area contributed by atoms with E-state index in [1.807, 2.05) is 48.5 Å². The molecule has 1 aliphatic rings. The van der Waals surface area contributed by atoms with Crippen molar-refractivity contribution in [3.05, 3.63) is 54.1 Å². The van der Waals surface area contributed by atoms with E-state index >= 15 is 0 Å². The first-order chi connectivity index (χ1) is 12.1. The number of hydrogen-bond acceptors (Lipinski definition) is 4. The summed E-state index contributed by atoms with van der Waals surface area (Å²) in [4.78, 5) is 24.9. The van der Waals surface area contributed by atoms with Gasteiger partial charge in [0.1, 0.15) is 0 Å². The molecule has 1 fully saturated rings. The molecule has 1 aliphatic carbocycles. The Balaban J connectivity index is 1.80. The molecule has 25 heavy (non-hydrogen) atoms. The van der Waals surface area contributed by atoms with E-state index in [9.17, 15) is 9.59 Å². The summed E-state index contributed by atoms with van der Waals surface area (Å²) in [5.74, 6) is -0.818. The molecule has 1 saturated carbocycles. The third kappa shape index (κ3) is 3.73. The molecule has 0 amide bonds. The largest absolute Gasteiger partial charge is 0.469 e. The van der Waals surface area contributed by atoms with Gasteiger partial charge in [0.05, 0.1) is 13.0 Å². The number of anilines is 1. The fourth-order valence-corrected chi connectivity index (χ4v) is 3.59. The molecule has 2 aromatic carbocycles. The van der Waals surface area contributed by atoms with Crippen molar-refractivity contribution in [2.45, 2.75) is 25.7 Å². The second kappa shape index (κ2) is 7.51. The van der Waals surface area contributed by atoms with Crippen molar-refractivity contribution < 1.29 is 14.3 Å². The standard InChI is InChI=1S/C21H23NO3/c1-25-21(24)19-5-3-2-4-18(19)20(23)16-8-6-14(7-9-16)15-10-12-17(22)13-11-15/h6-13,18-19H,2-5,22H2,1H3. The quantitative estimate of drug-likeness (QED) is 0.518. The molecule has 0 radical (unpaired) electrons. The molecule has 0 aromatic heterocycles. The first-order valence-corrected chi connectivity index (χ1v) is 8.68. The number of rotatable bonds is 4. The minimum atomic E-state index is -0.317. The topological polar surface area (TPSA) is 69.4 Å². The summed E-state index contributed by atoms with van der Waals surface area (Å²) in [6, 6.07) is 15.2. The van der Waals surface area contributed by atoms with Gasteiger partial charge >= 0.3 is 5.97 Å². The van der Waals surface area contributed by atoms with E-state index in [1.165, 1.54) is 7.11 Å². The van der Waals surface area contributed by atoms with Crippen LogP contribution in [0.5, 0.6) is 0 Å². The molecule has 2 atom stereocenters. The lowest BCUT2D eigenvalue weighted by Gasteiger charge is -2.28. The lowest BCUT2D eigenvalue weighted by Crippen LogP contribution is -2.33. The molecule has 2 aromatic rings. The van der Waals surface area contributed by atoms with Crippen molar-refractivity contribution in [3.63, 3.8) is 0 Å². The Morgan fingerprint density at radius 1 is 0.880 bits per heavy atom. The van der Waals surface area contributed by atoms with Crippen molar-refractivity contribution in [1.29, 1.82) is 0 Å². The van der Waals surface area contributed by atoms with Gasteiger partial charge < -0.3 is 10.5 Å². The van der Waals surface area contributed by atoms with Gasteiger partial charge in [-0.15, -0.1) is 0 Å². The number of esters is 1. The summed E-state index contributed by atoms with van der Waals surface area (Å²) in [6.07, 6.45) is 3.43. The van der Waals surface area contributed by atoms with Gasteiger partial charge in [0.25, 0.3) is 0 Å². The van der Waals surface area contributed by atoms with E-state index in [-0.39, 0.29) is 23.6 Å². The van der Waals surface area contributed by atoms with Crippen molar-refractivity contribution in [1.82, 2.24) is 0 Å². The Morgan fingerprint density at radius 3 is 1.96 bits per heavy atom. The number of nitrogen functional groups attached to an aromatic ring is 1. The molecule has 4 nitrogen and oxygen atoms in total. The maximum absolute atomic E-state index is 12.9. The fourth-order valence-electron chi connectivity index (χ4n) is 3.59. The van der Waals surface area contributed by atoms with Crippen LogP contribution in [-0.2, 0) is 9.53 Å². The molecule has 2 unspecified atom stereocenters. The van der Waals surface area contributed by atoms with Crippen LogP contribution in [0.1, 0.15) is 36.0 Å². The van der Waals surface area contributed by atoms with Crippen molar-refractivity contribution >= 4 is 17.4 Å². The second-order valence-corrected chi connectivity index (χ2v) is 6.58. The molecule has 0 heterocycles. The van der Waals surface area contributed by atoms with Crippen molar-refractivity contribution in [2.75, 3.05) is 12.8 Å². The highest BCUT2D eigenvalue weighted by Gasteiger charge is 2.36. The van der Waals surface area contributed by atoms with Crippen LogP contribution in [-0.4, -0.2) is 18.9 Å². The molecule has 0 aliphatic heterocycles. The number of benzene rings is 2. The number of ether oxygens (including phenoxy) is 1. The maximum atomic E-state index is 12.9. The normalized spacial score (nSPS) is 20.0. The molecule has 0 spiro atoms. The van der Waals surface area contributed by atoms with Crippen LogP contribution in [0.3, 0.4) is 0 Å². The van der Waals surface area contributed by atoms with Gasteiger partial charge in [-0.2, -0.15) is 0 Å². The van der Waals surface area contributed by atoms with Gasteiger partial charge in [0.2, 0.25) is 0 Å². The molecule has 130 valence electrons. The zero-order valence-corrected chi connectivity index (χ0v) is 14.4. The lowest BCUT2D eigenvalue weighted by molar-refractivity contribution is -0.147. The zero-order valence-electron chi connectivity index (χ0n) is 14.4. The van der Waals surface area contributed by atoms with E-state index in [1.54, 1.807) is 0 Å². The summed E-state index contributed by atoms with van der Waals surface area (Å²) in [6.45, 7) is 0. The Hall–Kier alpha value is -2.62. The predicted octanol–water partition coefficient (Wildman–Crippen LogP) is 4.10. The minimum Gasteiger partial charge on any atom is -0.469 e. The van der Waals surface area contributed by atoms with Crippen LogP contribution in [0.4, 0.5) is 5.69 Å². The smallest absolute Gasteiger partial charge is 0.309 e. The van der Waals surface area contributed by atoms with E-state index in [0.29, 0.717) is 5.56 Å². The highest BCUT2D eigenvalue weighted by molar-refractivity contribution is 6.00. The number of nitrogens with two attached hydrogens (primary N) is 1. The summed E-state index contributed by atoms with van der Waals surface area (Å²) < 4.78 is 4.89. The summed E-state index contributed by atoms with van der Waals surface area (Å²) in [7, 11) is 1.39. The number of Topliss-reactive ketones (excluding diaryl/α,β-unsaturated/α-hetero) is 1. The van der Waals surface area contributed by atoms with Gasteiger partial charge in [-0.1, -0.05) is 49.2 Å². The van der Waals surface area contributed by atoms with Crippen molar-refractivity contribution in [3.8, 4) is 11.1 Å². The SMILES string of the molecule is COC(=O)C1CCCCC1C(=O)c1ccc(-c2ccc(N)cc2)cc1. The van der Waals surface area contributed by atoms with Gasteiger partial charge in [0.15, 0.2) is 5.78 Å². The van der Waals surface area contributed by atoms with Gasteiger partial charge in [-0.3, -0.25) is 9.59 Å². The fraction of sp³-hybridized carbons (Fsp3) is 0.333. The Morgan fingerprint density at radius 2 is 1.40 bits per heavy atom. The van der Waals surface area contributed by atoms with Crippen molar-refractivity contribution in [2.24, 2.45) is 11.8 Å². The first kappa shape index (κ1) is 17.2. The van der Waals surface area contributed by atoms with Crippen LogP contribution in [0.15, 0.2) is 48.5 Å². The molecule has 0 saturated heterocycles. The van der Waals surface area contributed by atoms with E-state index < -0.39 is 0 Å². The van der Waals surface area contributed by atoms with Crippen LogP contribution in [0.2, 0.25) is 0 Å². The number of carbonyl (C=O) groups is 2. The van der Waals surface area contributed by atoms with Crippen LogP contribution in [0.25, 0.3) is 11.1 Å². The third-order valence-electron chi connectivity index (χ3n) is 5.02. The van der Waals surface area contributed by atoms with E-state index in [2.05, 4.69) is 0 Å². The number of methoxy groups -OCH3 is 1. The van der Waals surface area contributed by atoms with E-state index in [4.69, 9.17) is 10.5 Å². The zero-order chi connectivity index (χ0) is 17.8. The second-order valence-electron chi connectivity index (χ2n) is 6.58. The molecule has 2 N–H and O–H groups in total. The van der Waals surface area contributed by atoms with E-state index in [0.717, 1.165) is 42.5 Å². The molecule has 4 heteroatoms. The van der Waals surface area contributed by atoms with Gasteiger partial charge in [0, 0.05) is 17.2 Å². The Kier molecular flexibility index (Phi) is 5.17. The third-order valence-corrected chi connectivity index (χ3v) is 5.02. The summed E-state index contributed by atoms with van der Waals surface area (Å²) >= 11 is 0. The summed E-state index contributed by atoms with van der Waals surface area (Å²) in [5.41, 5.74) is 9.18. The average molecular weight is 337 g/mol. The molecule has 0 bridgehead atoms. The highest BCUT2D eigenvalue weighted by atomic mass is 16.5. The van der Waals surface area contributed by atoms with Gasteiger partial charge in [-0.25, -0.2) is 0 Å². The average Bonchev–Trinajstić information content (AvgIpc) is 2.67. The van der Waals surface area contributed by atoms with Crippen LogP contribution >= 0.6 is 0 Å². The molecule has 3 rings (SSSR count). The number of hydrogen-bond donors (Lipinski definition) is 1. The van der Waals surface area contributed by atoms with Gasteiger partial charge in [-0.05, 0) is 36.1 Å². The van der Waals surface area contributed by atoms with Crippen LogP contribution in [0, 0.1) is 11.8 Å². The predicted molar refractivity (Wildman–Crippen MR) is 98.1 cm³/mol. The monoisotopic (exact) mass is 337 g/mol. The number of ketones is 1. The first-order valence-electron chi connectivity index (χ1n) is 8.68. The minimum absolute atomic E-state index is 0.0407. The Labute approximate surface area is 148 Å². The van der Waals surface area contributed by atoms with Crippen LogP contribution < -0.4 is 5.73 Å². The number of carbonyl (C=O) groups excluding carboxylic acids is 2. The Bertz CT molecular complexity index is 750. The summed E-state index contributed by atoms with van der Waals surface area (Å²) in [5, 5.41) is 0. The molecular formula is C21H23NO3. The highest BCUT2D eigenvalue weighted by Crippen LogP contribution is 2.34. The molecular weight excluding hydrogens is 314 g/mol. The lowest BCUT2D eigenvalue weighted by atomic mass is 9.75. The maximum Gasteiger partial charge on any atom is 0.309 e.